The van der Waals surface area contributed by atoms with E-state index in [1.165, 1.54) is 24.0 Å². The highest BCUT2D eigenvalue weighted by Gasteiger charge is 2.23. The van der Waals surface area contributed by atoms with Crippen LogP contribution in [-0.4, -0.2) is 26.8 Å². The molecule has 112 valence electrons. The van der Waals surface area contributed by atoms with E-state index in [2.05, 4.69) is 25.2 Å². The van der Waals surface area contributed by atoms with Crippen LogP contribution in [-0.2, 0) is 6.42 Å². The third kappa shape index (κ3) is 3.04. The molecule has 1 aromatic rings. The van der Waals surface area contributed by atoms with Gasteiger partial charge in [-0.1, -0.05) is 25.4 Å². The minimum Gasteiger partial charge on any atom is -0.493 e. The zero-order valence-electron chi connectivity index (χ0n) is 12.8. The molecule has 1 aliphatic rings. The number of benzene rings is 1. The standard InChI is InChI=1S/C16H24ClNO2/c1-10(2)14-11(8-12-6-5-7-18-12)9-13(19-3)16(20-4)15(14)17/h9-10,12,18H,5-8H2,1-4H3. The summed E-state index contributed by atoms with van der Waals surface area (Å²) in [6.45, 7) is 5.44. The first-order chi connectivity index (χ1) is 9.58. The highest BCUT2D eigenvalue weighted by Crippen LogP contribution is 2.43. The molecular weight excluding hydrogens is 274 g/mol. The first kappa shape index (κ1) is 15.5. The van der Waals surface area contributed by atoms with E-state index in [-0.39, 0.29) is 0 Å². The van der Waals surface area contributed by atoms with E-state index >= 15 is 0 Å². The van der Waals surface area contributed by atoms with E-state index in [4.69, 9.17) is 21.1 Å². The molecule has 20 heavy (non-hydrogen) atoms. The summed E-state index contributed by atoms with van der Waals surface area (Å²) in [5, 5.41) is 4.23. The second kappa shape index (κ2) is 6.68. The number of nitrogens with one attached hydrogen (secondary N) is 1. The van der Waals surface area contributed by atoms with Crippen molar-refractivity contribution in [3.05, 3.63) is 22.2 Å². The SMILES string of the molecule is COc1cc(CC2CCCN2)c(C(C)C)c(Cl)c1OC. The fourth-order valence-electron chi connectivity index (χ4n) is 3.00. The van der Waals surface area contributed by atoms with Gasteiger partial charge in [-0.15, -0.1) is 0 Å². The van der Waals surface area contributed by atoms with Crippen molar-refractivity contribution < 1.29 is 9.47 Å². The Balaban J connectivity index is 2.44. The molecule has 1 saturated heterocycles. The van der Waals surface area contributed by atoms with Gasteiger partial charge in [-0.3, -0.25) is 0 Å². The van der Waals surface area contributed by atoms with Gasteiger partial charge in [0.15, 0.2) is 11.5 Å². The minimum absolute atomic E-state index is 0.360. The molecule has 0 saturated carbocycles. The maximum absolute atomic E-state index is 6.55. The third-order valence-electron chi connectivity index (χ3n) is 3.94. The van der Waals surface area contributed by atoms with Crippen molar-refractivity contribution in [2.75, 3.05) is 20.8 Å². The number of hydrogen-bond donors (Lipinski definition) is 1. The van der Waals surface area contributed by atoms with Crippen molar-refractivity contribution in [2.45, 2.75) is 45.1 Å². The third-order valence-corrected chi connectivity index (χ3v) is 4.32. The molecule has 1 fully saturated rings. The predicted molar refractivity (Wildman–Crippen MR) is 83.4 cm³/mol. The molecule has 0 amide bonds. The molecule has 1 heterocycles. The van der Waals surface area contributed by atoms with E-state index < -0.39 is 0 Å². The van der Waals surface area contributed by atoms with E-state index in [1.807, 2.05) is 0 Å². The zero-order chi connectivity index (χ0) is 14.7. The molecule has 0 radical (unpaired) electrons. The Morgan fingerprint density at radius 3 is 2.60 bits per heavy atom. The lowest BCUT2D eigenvalue weighted by molar-refractivity contribution is 0.354. The first-order valence-corrected chi connectivity index (χ1v) is 7.62. The van der Waals surface area contributed by atoms with Crippen molar-refractivity contribution >= 4 is 11.6 Å². The van der Waals surface area contributed by atoms with Crippen LogP contribution in [0.3, 0.4) is 0 Å². The van der Waals surface area contributed by atoms with E-state index in [0.29, 0.717) is 22.7 Å². The van der Waals surface area contributed by atoms with Crippen LogP contribution in [0, 0.1) is 0 Å². The zero-order valence-corrected chi connectivity index (χ0v) is 13.5. The molecule has 1 aromatic carbocycles. The number of hydrogen-bond acceptors (Lipinski definition) is 3. The number of methoxy groups -OCH3 is 2. The molecule has 1 atom stereocenters. The highest BCUT2D eigenvalue weighted by atomic mass is 35.5. The van der Waals surface area contributed by atoms with Crippen LogP contribution >= 0.6 is 11.6 Å². The second-order valence-electron chi connectivity index (χ2n) is 5.65. The Morgan fingerprint density at radius 2 is 2.10 bits per heavy atom. The molecule has 0 spiro atoms. The Bertz CT molecular complexity index is 468. The van der Waals surface area contributed by atoms with Gasteiger partial charge in [0.2, 0.25) is 0 Å². The molecule has 2 rings (SSSR count). The summed E-state index contributed by atoms with van der Waals surface area (Å²) in [5.74, 6) is 1.72. The summed E-state index contributed by atoms with van der Waals surface area (Å²) >= 11 is 6.55. The normalized spacial score (nSPS) is 18.6. The van der Waals surface area contributed by atoms with Crippen LogP contribution in [0.25, 0.3) is 0 Å². The summed E-state index contributed by atoms with van der Waals surface area (Å²) in [4.78, 5) is 0. The molecule has 0 aromatic heterocycles. The first-order valence-electron chi connectivity index (χ1n) is 7.25. The number of halogens is 1. The quantitative estimate of drug-likeness (QED) is 0.897. The molecule has 4 heteroatoms. The summed E-state index contributed by atoms with van der Waals surface area (Å²) in [6.07, 6.45) is 3.47. The Kier molecular flexibility index (Phi) is 5.17. The summed E-state index contributed by atoms with van der Waals surface area (Å²) < 4.78 is 10.8. The van der Waals surface area contributed by atoms with Gasteiger partial charge in [0.05, 0.1) is 19.2 Å². The Labute approximate surface area is 126 Å². The van der Waals surface area contributed by atoms with Crippen LogP contribution in [0.4, 0.5) is 0 Å². The van der Waals surface area contributed by atoms with Gasteiger partial charge >= 0.3 is 0 Å². The lowest BCUT2D eigenvalue weighted by atomic mass is 9.92. The van der Waals surface area contributed by atoms with Gasteiger partial charge in [0, 0.05) is 6.04 Å². The fourth-order valence-corrected chi connectivity index (χ4v) is 3.51. The Morgan fingerprint density at radius 1 is 1.35 bits per heavy atom. The van der Waals surface area contributed by atoms with E-state index in [1.54, 1.807) is 14.2 Å². The van der Waals surface area contributed by atoms with Gasteiger partial charge in [0.25, 0.3) is 0 Å². The molecule has 0 aliphatic carbocycles. The predicted octanol–water partition coefficient (Wildman–Crippen LogP) is 3.78. The lowest BCUT2D eigenvalue weighted by Crippen LogP contribution is -2.24. The van der Waals surface area contributed by atoms with Crippen molar-refractivity contribution in [2.24, 2.45) is 0 Å². The van der Waals surface area contributed by atoms with Crippen molar-refractivity contribution in [3.63, 3.8) is 0 Å². The fraction of sp³-hybridized carbons (Fsp3) is 0.625. The van der Waals surface area contributed by atoms with Gasteiger partial charge in [-0.2, -0.15) is 0 Å². The molecule has 1 N–H and O–H groups in total. The Hall–Kier alpha value is -0.930. The number of rotatable bonds is 5. The summed E-state index contributed by atoms with van der Waals surface area (Å²) in [6, 6.07) is 2.63. The largest absolute Gasteiger partial charge is 0.493 e. The van der Waals surface area contributed by atoms with Crippen molar-refractivity contribution in [1.29, 1.82) is 0 Å². The average Bonchev–Trinajstić information content (AvgIpc) is 2.90. The van der Waals surface area contributed by atoms with E-state index in [0.717, 1.165) is 18.7 Å². The lowest BCUT2D eigenvalue weighted by Gasteiger charge is -2.21. The van der Waals surface area contributed by atoms with Gasteiger partial charge in [0.1, 0.15) is 0 Å². The maximum Gasteiger partial charge on any atom is 0.179 e. The maximum atomic E-state index is 6.55. The van der Waals surface area contributed by atoms with Gasteiger partial charge < -0.3 is 14.8 Å². The van der Waals surface area contributed by atoms with Gasteiger partial charge in [-0.25, -0.2) is 0 Å². The van der Waals surface area contributed by atoms with Gasteiger partial charge in [-0.05, 0) is 48.9 Å². The van der Waals surface area contributed by atoms with E-state index in [9.17, 15) is 0 Å². The molecular formula is C16H24ClNO2. The molecule has 0 bridgehead atoms. The van der Waals surface area contributed by atoms with Crippen LogP contribution in [0.5, 0.6) is 11.5 Å². The summed E-state index contributed by atoms with van der Waals surface area (Å²) in [7, 11) is 3.28. The molecule has 3 nitrogen and oxygen atoms in total. The highest BCUT2D eigenvalue weighted by molar-refractivity contribution is 6.33. The summed E-state index contributed by atoms with van der Waals surface area (Å²) in [5.41, 5.74) is 2.44. The van der Waals surface area contributed by atoms with Crippen LogP contribution < -0.4 is 14.8 Å². The van der Waals surface area contributed by atoms with Crippen molar-refractivity contribution in [1.82, 2.24) is 5.32 Å². The topological polar surface area (TPSA) is 30.5 Å². The average molecular weight is 298 g/mol. The van der Waals surface area contributed by atoms with Crippen molar-refractivity contribution in [3.8, 4) is 11.5 Å². The molecule has 1 aliphatic heterocycles. The minimum atomic E-state index is 0.360. The van der Waals surface area contributed by atoms with Crippen LogP contribution in [0.2, 0.25) is 5.02 Å². The van der Waals surface area contributed by atoms with Crippen LogP contribution in [0.1, 0.15) is 43.7 Å². The molecule has 1 unspecified atom stereocenters. The number of ether oxygens (including phenoxy) is 2. The second-order valence-corrected chi connectivity index (χ2v) is 6.03. The smallest absolute Gasteiger partial charge is 0.179 e. The monoisotopic (exact) mass is 297 g/mol. The van der Waals surface area contributed by atoms with Crippen LogP contribution in [0.15, 0.2) is 6.07 Å².